The molecule has 2 aromatic carbocycles. The third-order valence-corrected chi connectivity index (χ3v) is 6.69. The molecule has 176 valence electrons. The maximum atomic E-state index is 12.7. The monoisotopic (exact) mass is 450 g/mol. The highest BCUT2D eigenvalue weighted by molar-refractivity contribution is 6.06. The fraction of sp³-hybridized carbons (Fsp3) is 0.462. The number of methoxy groups -OCH3 is 1. The summed E-state index contributed by atoms with van der Waals surface area (Å²) >= 11 is 0. The highest BCUT2D eigenvalue weighted by Gasteiger charge is 2.29. The van der Waals surface area contributed by atoms with Crippen LogP contribution >= 0.6 is 0 Å². The number of amides is 2. The number of piperidine rings is 1. The molecule has 0 aliphatic carbocycles. The van der Waals surface area contributed by atoms with Crippen molar-refractivity contribution >= 4 is 23.2 Å². The Balaban J connectivity index is 1.28. The normalized spacial score (nSPS) is 19.1. The zero-order chi connectivity index (χ0) is 23.2. The molecule has 0 aromatic heterocycles. The lowest BCUT2D eigenvalue weighted by Gasteiger charge is -2.34. The lowest BCUT2D eigenvalue weighted by atomic mass is 10.0. The van der Waals surface area contributed by atoms with E-state index in [-0.39, 0.29) is 11.8 Å². The van der Waals surface area contributed by atoms with Gasteiger partial charge in [-0.2, -0.15) is 0 Å². The summed E-state index contributed by atoms with van der Waals surface area (Å²) in [5.41, 5.74) is 2.41. The smallest absolute Gasteiger partial charge is 0.259 e. The second-order valence-corrected chi connectivity index (χ2v) is 8.88. The van der Waals surface area contributed by atoms with Crippen LogP contribution in [0, 0.1) is 5.92 Å². The van der Waals surface area contributed by atoms with E-state index in [1.807, 2.05) is 42.2 Å². The molecule has 1 unspecified atom stereocenters. The first-order chi connectivity index (χ1) is 16.1. The third kappa shape index (κ3) is 5.66. The van der Waals surface area contributed by atoms with Gasteiger partial charge in [-0.25, -0.2) is 0 Å². The Morgan fingerprint density at radius 3 is 2.64 bits per heavy atom. The van der Waals surface area contributed by atoms with E-state index >= 15 is 0 Å². The number of benzene rings is 2. The van der Waals surface area contributed by atoms with Crippen molar-refractivity contribution in [2.24, 2.45) is 5.92 Å². The number of hydrogen-bond acceptors (Lipinski definition) is 5. The van der Waals surface area contributed by atoms with Crippen LogP contribution in [0.4, 0.5) is 11.4 Å². The highest BCUT2D eigenvalue weighted by atomic mass is 16.5. The summed E-state index contributed by atoms with van der Waals surface area (Å²) in [6, 6.07) is 15.7. The van der Waals surface area contributed by atoms with Crippen molar-refractivity contribution < 1.29 is 14.3 Å². The molecule has 2 aliphatic heterocycles. The molecule has 7 heteroatoms. The van der Waals surface area contributed by atoms with Crippen molar-refractivity contribution in [3.8, 4) is 5.75 Å². The lowest BCUT2D eigenvalue weighted by Crippen LogP contribution is -2.44. The van der Waals surface area contributed by atoms with Crippen LogP contribution in [-0.2, 0) is 4.79 Å². The number of carbonyl (C=O) groups excluding carboxylic acids is 2. The molecule has 0 radical (unpaired) electrons. The maximum absolute atomic E-state index is 12.7. The van der Waals surface area contributed by atoms with Gasteiger partial charge in [-0.1, -0.05) is 18.2 Å². The number of ether oxygens (including phenoxy) is 1. The van der Waals surface area contributed by atoms with Crippen LogP contribution in [0.15, 0.2) is 48.5 Å². The minimum atomic E-state index is -0.181. The first kappa shape index (κ1) is 23.1. The van der Waals surface area contributed by atoms with Gasteiger partial charge in [-0.3, -0.25) is 9.59 Å². The highest BCUT2D eigenvalue weighted by Crippen LogP contribution is 2.25. The Morgan fingerprint density at radius 1 is 1.12 bits per heavy atom. The summed E-state index contributed by atoms with van der Waals surface area (Å²) < 4.78 is 5.31. The van der Waals surface area contributed by atoms with Crippen molar-refractivity contribution in [2.45, 2.75) is 32.2 Å². The van der Waals surface area contributed by atoms with Crippen LogP contribution in [0.1, 0.15) is 36.5 Å². The van der Waals surface area contributed by atoms with E-state index in [2.05, 4.69) is 21.6 Å². The van der Waals surface area contributed by atoms with Crippen LogP contribution in [0.25, 0.3) is 0 Å². The van der Waals surface area contributed by atoms with Gasteiger partial charge < -0.3 is 25.2 Å². The summed E-state index contributed by atoms with van der Waals surface area (Å²) in [6.45, 7) is 6.58. The Labute approximate surface area is 196 Å². The summed E-state index contributed by atoms with van der Waals surface area (Å²) in [5, 5.41) is 6.69. The molecule has 0 bridgehead atoms. The number of hydrogen-bond donors (Lipinski definition) is 2. The number of likely N-dealkylation sites (tertiary alicyclic amines) is 1. The first-order valence-corrected chi connectivity index (χ1v) is 11.9. The molecule has 2 fully saturated rings. The summed E-state index contributed by atoms with van der Waals surface area (Å²) in [6.07, 6.45) is 2.80. The first-order valence-electron chi connectivity index (χ1n) is 11.9. The molecule has 2 amide bonds. The summed E-state index contributed by atoms with van der Waals surface area (Å²) in [7, 11) is 1.57. The van der Waals surface area contributed by atoms with Crippen LogP contribution in [0.3, 0.4) is 0 Å². The third-order valence-electron chi connectivity index (χ3n) is 6.69. The van der Waals surface area contributed by atoms with Gasteiger partial charge in [-0.05, 0) is 56.0 Å². The van der Waals surface area contributed by atoms with Gasteiger partial charge in [0.05, 0.1) is 12.7 Å². The number of nitrogens with one attached hydrogen (secondary N) is 2. The minimum absolute atomic E-state index is 0.181. The molecule has 2 heterocycles. The van der Waals surface area contributed by atoms with Crippen molar-refractivity contribution in [3.05, 3.63) is 54.1 Å². The Bertz CT molecular complexity index is 972. The van der Waals surface area contributed by atoms with E-state index in [0.29, 0.717) is 29.7 Å². The molecule has 2 saturated heterocycles. The van der Waals surface area contributed by atoms with Crippen molar-refractivity contribution in [1.29, 1.82) is 0 Å². The van der Waals surface area contributed by atoms with Gasteiger partial charge in [0.25, 0.3) is 5.91 Å². The molecule has 0 saturated carbocycles. The number of nitrogens with zero attached hydrogens (tertiary/aromatic N) is 2. The van der Waals surface area contributed by atoms with Gasteiger partial charge >= 0.3 is 0 Å². The van der Waals surface area contributed by atoms with Crippen molar-refractivity contribution in [2.75, 3.05) is 50.1 Å². The molecule has 1 atom stereocenters. The van der Waals surface area contributed by atoms with E-state index in [0.717, 1.165) is 56.9 Å². The van der Waals surface area contributed by atoms with Gasteiger partial charge in [0.15, 0.2) is 0 Å². The number of carbonyl (C=O) groups is 2. The molecular weight excluding hydrogens is 416 g/mol. The van der Waals surface area contributed by atoms with Crippen LogP contribution < -0.4 is 20.3 Å². The zero-order valence-corrected chi connectivity index (χ0v) is 19.5. The van der Waals surface area contributed by atoms with Crippen LogP contribution in [0.5, 0.6) is 5.75 Å². The fourth-order valence-electron chi connectivity index (χ4n) is 4.78. The largest absolute Gasteiger partial charge is 0.496 e. The van der Waals surface area contributed by atoms with Crippen LogP contribution in [0.2, 0.25) is 0 Å². The average molecular weight is 451 g/mol. The Morgan fingerprint density at radius 2 is 1.91 bits per heavy atom. The van der Waals surface area contributed by atoms with Gasteiger partial charge in [-0.15, -0.1) is 0 Å². The molecule has 0 spiro atoms. The quantitative estimate of drug-likeness (QED) is 0.645. The Hall–Kier alpha value is -3.06. The SMILES string of the molecule is CCN1CC(CNC2CCN(c3cccc(NC(=O)c4ccccc4OC)c3)CC2)CC1=O. The van der Waals surface area contributed by atoms with Gasteiger partial charge in [0.1, 0.15) is 5.75 Å². The molecule has 2 N–H and O–H groups in total. The lowest BCUT2D eigenvalue weighted by molar-refractivity contribution is -0.127. The average Bonchev–Trinajstić information content (AvgIpc) is 3.22. The van der Waals surface area contributed by atoms with Crippen molar-refractivity contribution in [3.63, 3.8) is 0 Å². The summed E-state index contributed by atoms with van der Waals surface area (Å²) in [5.74, 6) is 1.10. The minimum Gasteiger partial charge on any atom is -0.496 e. The number of anilines is 2. The predicted molar refractivity (Wildman–Crippen MR) is 131 cm³/mol. The van der Waals surface area contributed by atoms with Gasteiger partial charge in [0.2, 0.25) is 5.91 Å². The molecular formula is C26H34N4O3. The van der Waals surface area contributed by atoms with Gasteiger partial charge in [0, 0.05) is 56.6 Å². The van der Waals surface area contributed by atoms with E-state index in [1.165, 1.54) is 0 Å². The number of rotatable bonds is 8. The molecule has 7 nitrogen and oxygen atoms in total. The van der Waals surface area contributed by atoms with E-state index in [4.69, 9.17) is 4.74 Å². The Kier molecular flexibility index (Phi) is 7.50. The standard InChI is InChI=1S/C26H34N4O3/c1-3-29-18-19(15-25(29)31)17-27-20-11-13-30(14-12-20)22-8-6-7-21(16-22)28-26(32)23-9-4-5-10-24(23)33-2/h4-10,16,19-20,27H,3,11-15,17-18H2,1-2H3,(H,28,32). The van der Waals surface area contributed by atoms with E-state index in [9.17, 15) is 9.59 Å². The topological polar surface area (TPSA) is 73.9 Å². The fourth-order valence-corrected chi connectivity index (χ4v) is 4.78. The second-order valence-electron chi connectivity index (χ2n) is 8.88. The summed E-state index contributed by atoms with van der Waals surface area (Å²) in [4.78, 5) is 29.0. The second kappa shape index (κ2) is 10.7. The van der Waals surface area contributed by atoms with E-state index < -0.39 is 0 Å². The number of para-hydroxylation sites is 1. The molecule has 2 aliphatic rings. The van der Waals surface area contributed by atoms with Crippen molar-refractivity contribution in [1.82, 2.24) is 10.2 Å². The van der Waals surface area contributed by atoms with E-state index in [1.54, 1.807) is 19.2 Å². The maximum Gasteiger partial charge on any atom is 0.259 e. The molecule has 33 heavy (non-hydrogen) atoms. The molecule has 4 rings (SSSR count). The predicted octanol–water partition coefficient (Wildman–Crippen LogP) is 3.37. The van der Waals surface area contributed by atoms with Crippen LogP contribution in [-0.4, -0.2) is 62.6 Å². The zero-order valence-electron chi connectivity index (χ0n) is 19.5. The molecule has 2 aromatic rings.